The smallest absolute Gasteiger partial charge is 0.251 e. The number of anilines is 1. The fraction of sp³-hybridized carbons (Fsp3) is 0.250. The van der Waals surface area contributed by atoms with Crippen molar-refractivity contribution in [2.45, 2.75) is 13.5 Å². The molecule has 0 aliphatic rings. The molecule has 0 bridgehead atoms. The van der Waals surface area contributed by atoms with Crippen molar-refractivity contribution < 1.29 is 22.5 Å². The van der Waals surface area contributed by atoms with E-state index in [9.17, 15) is 13.2 Å². The van der Waals surface area contributed by atoms with Gasteiger partial charge in [-0.1, -0.05) is 5.16 Å². The topological polar surface area (TPSA) is 115 Å². The molecule has 0 saturated heterocycles. The van der Waals surface area contributed by atoms with Crippen LogP contribution in [0.15, 0.2) is 47.0 Å². The van der Waals surface area contributed by atoms with E-state index in [1.54, 1.807) is 44.4 Å². The molecule has 2 aromatic carbocycles. The lowest BCUT2D eigenvalue weighted by Gasteiger charge is -2.19. The van der Waals surface area contributed by atoms with Crippen LogP contribution in [0.4, 0.5) is 5.69 Å². The molecule has 0 aliphatic heterocycles. The molecule has 1 aromatic heterocycles. The Hall–Kier alpha value is -3.40. The van der Waals surface area contributed by atoms with Crippen molar-refractivity contribution in [1.29, 1.82) is 0 Å². The molecule has 3 aromatic rings. The average Bonchev–Trinajstić information content (AvgIpc) is 3.20. The maximum Gasteiger partial charge on any atom is 0.251 e. The Morgan fingerprint density at radius 3 is 2.50 bits per heavy atom. The number of sulfonamides is 1. The number of rotatable bonds is 7. The number of hydrogen-bond acceptors (Lipinski definition) is 7. The van der Waals surface area contributed by atoms with E-state index in [4.69, 9.17) is 9.26 Å². The van der Waals surface area contributed by atoms with Gasteiger partial charge in [-0.15, -0.1) is 0 Å². The minimum atomic E-state index is -3.38. The Kier molecular flexibility index (Phi) is 6.06. The molecule has 158 valence electrons. The number of aromatic nitrogens is 2. The summed E-state index contributed by atoms with van der Waals surface area (Å²) in [6.45, 7) is 1.80. The summed E-state index contributed by atoms with van der Waals surface area (Å²) in [6.07, 6.45) is 1.12. The number of aryl methyl sites for hydroxylation is 1. The minimum Gasteiger partial charge on any atom is -0.497 e. The zero-order chi connectivity index (χ0) is 21.9. The first kappa shape index (κ1) is 21.3. The van der Waals surface area contributed by atoms with Gasteiger partial charge in [-0.05, 0) is 55.0 Å². The van der Waals surface area contributed by atoms with Gasteiger partial charge < -0.3 is 14.6 Å². The fourth-order valence-electron chi connectivity index (χ4n) is 2.77. The van der Waals surface area contributed by atoms with E-state index in [0.717, 1.165) is 17.6 Å². The third-order valence-corrected chi connectivity index (χ3v) is 5.70. The summed E-state index contributed by atoms with van der Waals surface area (Å²) in [7, 11) is -0.332. The second-order valence-corrected chi connectivity index (χ2v) is 8.67. The molecule has 9 nitrogen and oxygen atoms in total. The number of carbonyl (C=O) groups excluding carboxylic acids is 1. The summed E-state index contributed by atoms with van der Waals surface area (Å²) >= 11 is 0. The van der Waals surface area contributed by atoms with E-state index in [2.05, 4.69) is 15.5 Å². The molecule has 30 heavy (non-hydrogen) atoms. The maximum atomic E-state index is 12.4. The first-order valence-corrected chi connectivity index (χ1v) is 10.8. The molecule has 0 unspecified atom stereocenters. The summed E-state index contributed by atoms with van der Waals surface area (Å²) in [5, 5.41) is 6.64. The lowest BCUT2D eigenvalue weighted by molar-refractivity contribution is 0.0946. The Morgan fingerprint density at radius 1 is 1.20 bits per heavy atom. The van der Waals surface area contributed by atoms with Gasteiger partial charge in [0.15, 0.2) is 0 Å². The van der Waals surface area contributed by atoms with Gasteiger partial charge in [0.1, 0.15) is 5.75 Å². The molecule has 3 rings (SSSR count). The normalized spacial score (nSPS) is 11.2. The zero-order valence-electron chi connectivity index (χ0n) is 17.0. The van der Waals surface area contributed by atoms with Crippen LogP contribution in [0, 0.1) is 6.92 Å². The van der Waals surface area contributed by atoms with Crippen molar-refractivity contribution in [2.24, 2.45) is 0 Å². The van der Waals surface area contributed by atoms with Crippen molar-refractivity contribution in [2.75, 3.05) is 24.7 Å². The third kappa shape index (κ3) is 4.77. The maximum absolute atomic E-state index is 12.4. The third-order valence-electron chi connectivity index (χ3n) is 4.51. The highest BCUT2D eigenvalue weighted by Crippen LogP contribution is 2.22. The Bertz CT molecular complexity index is 1160. The second kappa shape index (κ2) is 8.54. The molecule has 0 aliphatic carbocycles. The monoisotopic (exact) mass is 430 g/mol. The summed E-state index contributed by atoms with van der Waals surface area (Å²) in [6, 6.07) is 12.0. The first-order chi connectivity index (χ1) is 14.2. The SMILES string of the molecule is COc1ccc(-c2noc(CNC(=O)c3ccc(N(C)S(C)(=O)=O)c(C)c3)n2)cc1. The average molecular weight is 430 g/mol. The molecule has 0 atom stereocenters. The molecule has 0 radical (unpaired) electrons. The van der Waals surface area contributed by atoms with Crippen LogP contribution in [0.2, 0.25) is 0 Å². The van der Waals surface area contributed by atoms with Crippen LogP contribution < -0.4 is 14.4 Å². The lowest BCUT2D eigenvalue weighted by atomic mass is 10.1. The van der Waals surface area contributed by atoms with Gasteiger partial charge >= 0.3 is 0 Å². The number of ether oxygens (including phenoxy) is 1. The largest absolute Gasteiger partial charge is 0.497 e. The number of nitrogens with one attached hydrogen (secondary N) is 1. The molecule has 0 spiro atoms. The highest BCUT2D eigenvalue weighted by atomic mass is 32.2. The van der Waals surface area contributed by atoms with E-state index >= 15 is 0 Å². The molecule has 0 saturated carbocycles. The van der Waals surface area contributed by atoms with Gasteiger partial charge in [-0.2, -0.15) is 4.98 Å². The predicted molar refractivity (Wildman–Crippen MR) is 112 cm³/mol. The number of methoxy groups -OCH3 is 1. The van der Waals surface area contributed by atoms with E-state index in [-0.39, 0.29) is 18.3 Å². The molecule has 0 fully saturated rings. The van der Waals surface area contributed by atoms with Crippen LogP contribution in [-0.4, -0.2) is 44.9 Å². The highest BCUT2D eigenvalue weighted by Gasteiger charge is 2.16. The van der Waals surface area contributed by atoms with Crippen molar-refractivity contribution in [1.82, 2.24) is 15.5 Å². The second-order valence-electron chi connectivity index (χ2n) is 6.65. The molecular weight excluding hydrogens is 408 g/mol. The summed E-state index contributed by atoms with van der Waals surface area (Å²) in [5.74, 6) is 1.06. The van der Waals surface area contributed by atoms with Gasteiger partial charge in [-0.3, -0.25) is 9.10 Å². The van der Waals surface area contributed by atoms with Crippen LogP contribution in [0.5, 0.6) is 5.75 Å². The molecule has 10 heteroatoms. The van der Waals surface area contributed by atoms with E-state index < -0.39 is 10.0 Å². The van der Waals surface area contributed by atoms with Crippen LogP contribution in [0.25, 0.3) is 11.4 Å². The van der Waals surface area contributed by atoms with Crippen LogP contribution in [-0.2, 0) is 16.6 Å². The number of nitrogens with zero attached hydrogens (tertiary/aromatic N) is 3. The van der Waals surface area contributed by atoms with Gasteiger partial charge in [0.05, 0.1) is 25.6 Å². The number of amides is 1. The predicted octanol–water partition coefficient (Wildman–Crippen LogP) is 2.38. The van der Waals surface area contributed by atoms with Gasteiger partial charge in [0, 0.05) is 18.2 Å². The van der Waals surface area contributed by atoms with Crippen molar-refractivity contribution in [3.8, 4) is 17.1 Å². The zero-order valence-corrected chi connectivity index (χ0v) is 17.9. The van der Waals surface area contributed by atoms with Gasteiger partial charge in [0.2, 0.25) is 21.7 Å². The standard InChI is InChI=1S/C20H22N4O5S/c1-13-11-15(7-10-17(13)24(2)30(4,26)27)20(25)21-12-18-22-19(23-29-18)14-5-8-16(28-3)9-6-14/h5-11H,12H2,1-4H3,(H,21,25). The minimum absolute atomic E-state index is 0.0615. The molecular formula is C20H22N4O5S. The molecule has 1 N–H and O–H groups in total. The van der Waals surface area contributed by atoms with Crippen molar-refractivity contribution in [3.63, 3.8) is 0 Å². The van der Waals surface area contributed by atoms with E-state index in [1.807, 2.05) is 12.1 Å². The number of benzene rings is 2. The van der Waals surface area contributed by atoms with Crippen LogP contribution in [0.3, 0.4) is 0 Å². The fourth-order valence-corrected chi connectivity index (χ4v) is 3.33. The Labute approximate surface area is 174 Å². The van der Waals surface area contributed by atoms with E-state index in [1.165, 1.54) is 11.4 Å². The Morgan fingerprint density at radius 2 is 1.90 bits per heavy atom. The van der Waals surface area contributed by atoms with Crippen LogP contribution in [0.1, 0.15) is 21.8 Å². The van der Waals surface area contributed by atoms with Crippen molar-refractivity contribution >= 4 is 21.6 Å². The first-order valence-electron chi connectivity index (χ1n) is 8.99. The van der Waals surface area contributed by atoms with Crippen LogP contribution >= 0.6 is 0 Å². The quantitative estimate of drug-likeness (QED) is 0.612. The van der Waals surface area contributed by atoms with E-state index in [0.29, 0.717) is 22.6 Å². The van der Waals surface area contributed by atoms with Gasteiger partial charge in [-0.25, -0.2) is 8.42 Å². The van der Waals surface area contributed by atoms with Gasteiger partial charge in [0.25, 0.3) is 5.91 Å². The molecule has 1 heterocycles. The summed E-state index contributed by atoms with van der Waals surface area (Å²) < 4.78 is 34.9. The summed E-state index contributed by atoms with van der Waals surface area (Å²) in [4.78, 5) is 16.7. The lowest BCUT2D eigenvalue weighted by Crippen LogP contribution is -2.26. The Balaban J connectivity index is 1.66. The highest BCUT2D eigenvalue weighted by molar-refractivity contribution is 7.92. The number of carbonyl (C=O) groups is 1. The molecule has 1 amide bonds. The number of hydrogen-bond donors (Lipinski definition) is 1. The summed E-state index contributed by atoms with van der Waals surface area (Å²) in [5.41, 5.74) is 2.33. The van der Waals surface area contributed by atoms with Crippen molar-refractivity contribution in [3.05, 3.63) is 59.5 Å².